The van der Waals surface area contributed by atoms with Crippen LogP contribution in [0.25, 0.3) is 0 Å². The zero-order chi connectivity index (χ0) is 23.9. The molecule has 0 radical (unpaired) electrons. The van der Waals surface area contributed by atoms with E-state index >= 15 is 0 Å². The van der Waals surface area contributed by atoms with Gasteiger partial charge < -0.3 is 24.3 Å². The highest BCUT2D eigenvalue weighted by Crippen LogP contribution is 2.28. The minimum absolute atomic E-state index is 0.185. The Morgan fingerprint density at radius 3 is 1.97 bits per heavy atom. The SMILES string of the molecule is O=Cc1ccc(OCCOCCOCCOCCNc2ccc([N+](=O)[O-])cc2[N+](=O)[O-])cc1. The number of benzene rings is 2. The third-order valence-electron chi connectivity index (χ3n) is 4.21. The summed E-state index contributed by atoms with van der Waals surface area (Å²) in [7, 11) is 0. The summed E-state index contributed by atoms with van der Waals surface area (Å²) in [6, 6.07) is 10.2. The van der Waals surface area contributed by atoms with Crippen molar-refractivity contribution >= 4 is 23.3 Å². The van der Waals surface area contributed by atoms with Crippen LogP contribution >= 0.6 is 0 Å². The number of hydrogen-bond acceptors (Lipinski definition) is 10. The van der Waals surface area contributed by atoms with Gasteiger partial charge in [0.2, 0.25) is 0 Å². The van der Waals surface area contributed by atoms with Crippen LogP contribution < -0.4 is 10.1 Å². The van der Waals surface area contributed by atoms with Gasteiger partial charge in [-0.05, 0) is 30.3 Å². The second-order valence-corrected chi connectivity index (χ2v) is 6.51. The van der Waals surface area contributed by atoms with Crippen molar-refractivity contribution < 1.29 is 33.6 Å². The van der Waals surface area contributed by atoms with Gasteiger partial charge in [0.15, 0.2) is 0 Å². The summed E-state index contributed by atoms with van der Waals surface area (Å²) in [6.07, 6.45) is 0.769. The van der Waals surface area contributed by atoms with E-state index in [1.807, 2.05) is 0 Å². The summed E-state index contributed by atoms with van der Waals surface area (Å²) >= 11 is 0. The maximum absolute atomic E-state index is 11.1. The Bertz CT molecular complexity index is 906. The van der Waals surface area contributed by atoms with E-state index in [1.165, 1.54) is 12.1 Å². The molecule has 0 aromatic heterocycles. The molecule has 0 aliphatic rings. The molecule has 0 aliphatic heterocycles. The van der Waals surface area contributed by atoms with Crippen molar-refractivity contribution in [2.24, 2.45) is 0 Å². The van der Waals surface area contributed by atoms with Gasteiger partial charge in [0, 0.05) is 18.2 Å². The molecular formula is C21H25N3O9. The van der Waals surface area contributed by atoms with Gasteiger partial charge in [0.25, 0.3) is 11.4 Å². The minimum atomic E-state index is -0.685. The van der Waals surface area contributed by atoms with E-state index in [4.69, 9.17) is 18.9 Å². The van der Waals surface area contributed by atoms with Crippen molar-refractivity contribution in [3.8, 4) is 5.75 Å². The van der Waals surface area contributed by atoms with Crippen LogP contribution in [-0.2, 0) is 14.2 Å². The van der Waals surface area contributed by atoms with Crippen LogP contribution in [0.2, 0.25) is 0 Å². The van der Waals surface area contributed by atoms with E-state index in [1.54, 1.807) is 24.3 Å². The quantitative estimate of drug-likeness (QED) is 0.160. The molecule has 0 fully saturated rings. The van der Waals surface area contributed by atoms with Gasteiger partial charge in [-0.3, -0.25) is 25.0 Å². The number of non-ortho nitro benzene ring substituents is 1. The van der Waals surface area contributed by atoms with Gasteiger partial charge >= 0.3 is 0 Å². The Morgan fingerprint density at radius 2 is 1.39 bits per heavy atom. The van der Waals surface area contributed by atoms with Crippen molar-refractivity contribution in [3.05, 3.63) is 68.3 Å². The standard InChI is InChI=1S/C21H25N3O9/c25-16-17-1-4-19(5-2-17)33-14-13-32-12-11-31-10-9-30-8-7-22-20-6-3-18(23(26)27)15-21(20)24(28)29/h1-6,15-16,22H,7-14H2. The van der Waals surface area contributed by atoms with Crippen molar-refractivity contribution in [1.29, 1.82) is 0 Å². The van der Waals surface area contributed by atoms with E-state index in [2.05, 4.69) is 5.32 Å². The Morgan fingerprint density at radius 1 is 0.788 bits per heavy atom. The number of carbonyl (C=O) groups excluding carboxylic acids is 1. The highest BCUT2D eigenvalue weighted by molar-refractivity contribution is 5.74. The lowest BCUT2D eigenvalue weighted by molar-refractivity contribution is -0.393. The number of carbonyl (C=O) groups is 1. The summed E-state index contributed by atoms with van der Waals surface area (Å²) in [5.41, 5.74) is 0.0604. The summed E-state index contributed by atoms with van der Waals surface area (Å²) in [5.74, 6) is 0.662. The molecule has 0 saturated heterocycles. The molecule has 0 bridgehead atoms. The molecule has 12 nitrogen and oxygen atoms in total. The van der Waals surface area contributed by atoms with Crippen molar-refractivity contribution in [3.63, 3.8) is 0 Å². The Kier molecular flexibility index (Phi) is 11.2. The maximum atomic E-state index is 11.1. The van der Waals surface area contributed by atoms with Gasteiger partial charge in [-0.2, -0.15) is 0 Å². The topological polar surface area (TPSA) is 152 Å². The fraction of sp³-hybridized carbons (Fsp3) is 0.381. The van der Waals surface area contributed by atoms with Crippen molar-refractivity contribution in [2.75, 3.05) is 58.1 Å². The number of anilines is 1. The number of hydrogen-bond donors (Lipinski definition) is 1. The fourth-order valence-corrected chi connectivity index (χ4v) is 2.59. The lowest BCUT2D eigenvalue weighted by Gasteiger charge is -2.09. The molecule has 0 amide bonds. The second-order valence-electron chi connectivity index (χ2n) is 6.51. The Balaban J connectivity index is 1.46. The van der Waals surface area contributed by atoms with E-state index in [0.717, 1.165) is 12.4 Å². The summed E-state index contributed by atoms with van der Waals surface area (Å²) in [5, 5.41) is 24.6. The van der Waals surface area contributed by atoms with Crippen LogP contribution in [0.1, 0.15) is 10.4 Å². The van der Waals surface area contributed by atoms with E-state index in [0.29, 0.717) is 57.5 Å². The number of nitro benzene ring substituents is 2. The predicted octanol–water partition coefficient (Wildman–Crippen LogP) is 2.86. The number of nitrogens with zero attached hydrogens (tertiary/aromatic N) is 2. The van der Waals surface area contributed by atoms with Crippen molar-refractivity contribution in [2.45, 2.75) is 0 Å². The largest absolute Gasteiger partial charge is 0.491 e. The molecule has 0 aliphatic carbocycles. The lowest BCUT2D eigenvalue weighted by atomic mass is 10.2. The smallest absolute Gasteiger partial charge is 0.299 e. The van der Waals surface area contributed by atoms with Crippen LogP contribution in [0.3, 0.4) is 0 Å². The molecule has 2 rings (SSSR count). The minimum Gasteiger partial charge on any atom is -0.491 e. The van der Waals surface area contributed by atoms with Gasteiger partial charge in [-0.25, -0.2) is 0 Å². The monoisotopic (exact) mass is 463 g/mol. The average molecular weight is 463 g/mol. The molecule has 0 saturated carbocycles. The van der Waals surface area contributed by atoms with E-state index < -0.39 is 9.85 Å². The second kappa shape index (κ2) is 14.5. The Hall–Kier alpha value is -3.61. The van der Waals surface area contributed by atoms with Gasteiger partial charge in [-0.1, -0.05) is 0 Å². The summed E-state index contributed by atoms with van der Waals surface area (Å²) in [6.45, 7) is 2.84. The molecule has 33 heavy (non-hydrogen) atoms. The first-order valence-electron chi connectivity index (χ1n) is 10.1. The summed E-state index contributed by atoms with van der Waals surface area (Å²) in [4.78, 5) is 31.0. The third-order valence-corrected chi connectivity index (χ3v) is 4.21. The third kappa shape index (κ3) is 9.60. The number of nitrogens with one attached hydrogen (secondary N) is 1. The highest BCUT2D eigenvalue weighted by atomic mass is 16.6. The average Bonchev–Trinajstić information content (AvgIpc) is 2.82. The first-order chi connectivity index (χ1) is 16.0. The number of ether oxygens (including phenoxy) is 4. The van der Waals surface area contributed by atoms with E-state index in [-0.39, 0.29) is 23.7 Å². The molecule has 0 heterocycles. The van der Waals surface area contributed by atoms with Gasteiger partial charge in [-0.15, -0.1) is 0 Å². The van der Waals surface area contributed by atoms with Gasteiger partial charge in [0.05, 0.1) is 55.6 Å². The Labute approximate surface area is 189 Å². The van der Waals surface area contributed by atoms with Crippen LogP contribution in [0.15, 0.2) is 42.5 Å². The summed E-state index contributed by atoms with van der Waals surface area (Å²) < 4.78 is 21.6. The molecule has 2 aromatic carbocycles. The molecule has 0 spiro atoms. The molecular weight excluding hydrogens is 438 g/mol. The number of rotatable bonds is 17. The molecule has 12 heteroatoms. The molecule has 2 aromatic rings. The van der Waals surface area contributed by atoms with Crippen molar-refractivity contribution in [1.82, 2.24) is 0 Å². The molecule has 0 atom stereocenters. The number of nitro groups is 2. The normalized spacial score (nSPS) is 10.5. The number of aldehydes is 1. The first kappa shape index (κ1) is 25.6. The molecule has 1 N–H and O–H groups in total. The van der Waals surface area contributed by atoms with Crippen LogP contribution in [-0.4, -0.2) is 68.9 Å². The first-order valence-corrected chi connectivity index (χ1v) is 10.1. The maximum Gasteiger partial charge on any atom is 0.299 e. The zero-order valence-electron chi connectivity index (χ0n) is 17.8. The lowest BCUT2D eigenvalue weighted by Crippen LogP contribution is -2.15. The van der Waals surface area contributed by atoms with Crippen LogP contribution in [0.4, 0.5) is 17.1 Å². The predicted molar refractivity (Wildman–Crippen MR) is 118 cm³/mol. The zero-order valence-corrected chi connectivity index (χ0v) is 17.8. The van der Waals surface area contributed by atoms with E-state index in [9.17, 15) is 25.0 Å². The van der Waals surface area contributed by atoms with Crippen LogP contribution in [0.5, 0.6) is 5.75 Å². The molecule has 0 unspecified atom stereocenters. The van der Waals surface area contributed by atoms with Gasteiger partial charge in [0.1, 0.15) is 24.3 Å². The highest BCUT2D eigenvalue weighted by Gasteiger charge is 2.18. The fourth-order valence-electron chi connectivity index (χ4n) is 2.59. The molecule has 178 valence electrons. The van der Waals surface area contributed by atoms with Crippen LogP contribution in [0, 0.1) is 20.2 Å².